The second-order valence-corrected chi connectivity index (χ2v) is 5.50. The maximum absolute atomic E-state index is 12.0. The smallest absolute Gasteiger partial charge is 0.306 e. The molecule has 1 aromatic carbocycles. The molecule has 0 unspecified atom stereocenters. The van der Waals surface area contributed by atoms with Gasteiger partial charge >= 0.3 is 5.97 Å². The van der Waals surface area contributed by atoms with E-state index in [-0.39, 0.29) is 11.8 Å². The Hall–Kier alpha value is -1.26. The predicted molar refractivity (Wildman–Crippen MR) is 73.6 cm³/mol. The standard InChI is InChI=1S/C13H13Cl2NO3/c14-9-3-4-11(10(15)6-9)16-12(17)7-1-2-8(5-7)13(18)19/h3-4,6-8H,1-2,5H2,(H,16,17)(H,18,19)/t7-,8+/m1/s1. The van der Waals surface area contributed by atoms with Gasteiger partial charge in [-0.1, -0.05) is 23.2 Å². The Morgan fingerprint density at radius 1 is 1.21 bits per heavy atom. The lowest BCUT2D eigenvalue weighted by atomic mass is 10.0. The van der Waals surface area contributed by atoms with Crippen molar-refractivity contribution >= 4 is 40.8 Å². The number of benzene rings is 1. The van der Waals surface area contributed by atoms with Gasteiger partial charge < -0.3 is 10.4 Å². The molecular formula is C13H13Cl2NO3. The SMILES string of the molecule is O=C(O)[C@H]1CC[C@@H](C(=O)Nc2ccc(Cl)cc2Cl)C1. The van der Waals surface area contributed by atoms with Gasteiger partial charge in [-0.05, 0) is 37.5 Å². The molecule has 1 aliphatic rings. The molecule has 19 heavy (non-hydrogen) atoms. The maximum atomic E-state index is 12.0. The number of carboxylic acids is 1. The Kier molecular flexibility index (Phi) is 4.32. The Balaban J connectivity index is 2.00. The maximum Gasteiger partial charge on any atom is 0.306 e. The first-order chi connectivity index (χ1) is 8.97. The third-order valence-corrected chi connectivity index (χ3v) is 3.89. The molecule has 1 amide bonds. The Labute approximate surface area is 120 Å². The van der Waals surface area contributed by atoms with Gasteiger partial charge in [0, 0.05) is 10.9 Å². The number of aliphatic carboxylic acids is 1. The Morgan fingerprint density at radius 2 is 1.89 bits per heavy atom. The van der Waals surface area contributed by atoms with E-state index in [0.717, 1.165) is 0 Å². The summed E-state index contributed by atoms with van der Waals surface area (Å²) in [6.07, 6.45) is 1.52. The summed E-state index contributed by atoms with van der Waals surface area (Å²) in [5, 5.41) is 12.5. The summed E-state index contributed by atoms with van der Waals surface area (Å²) in [7, 11) is 0. The highest BCUT2D eigenvalue weighted by molar-refractivity contribution is 6.36. The number of nitrogens with one attached hydrogen (secondary N) is 1. The number of hydrogen-bond donors (Lipinski definition) is 2. The molecule has 1 saturated carbocycles. The van der Waals surface area contributed by atoms with Crippen LogP contribution >= 0.6 is 23.2 Å². The average molecular weight is 302 g/mol. The van der Waals surface area contributed by atoms with Crippen LogP contribution in [0.3, 0.4) is 0 Å². The van der Waals surface area contributed by atoms with Crippen molar-refractivity contribution in [2.75, 3.05) is 5.32 Å². The molecule has 102 valence electrons. The number of rotatable bonds is 3. The van der Waals surface area contributed by atoms with Crippen LogP contribution in [0, 0.1) is 11.8 Å². The predicted octanol–water partition coefficient (Wildman–Crippen LogP) is 3.43. The highest BCUT2D eigenvalue weighted by atomic mass is 35.5. The van der Waals surface area contributed by atoms with Crippen molar-refractivity contribution in [3.63, 3.8) is 0 Å². The van der Waals surface area contributed by atoms with E-state index in [1.807, 2.05) is 0 Å². The molecule has 0 bridgehead atoms. The van der Waals surface area contributed by atoms with E-state index in [2.05, 4.69) is 5.32 Å². The first-order valence-corrected chi connectivity index (χ1v) is 6.71. The summed E-state index contributed by atoms with van der Waals surface area (Å²) in [5.74, 6) is -1.71. The van der Waals surface area contributed by atoms with Crippen LogP contribution in [0.2, 0.25) is 10.0 Å². The summed E-state index contributed by atoms with van der Waals surface area (Å²) >= 11 is 11.7. The van der Waals surface area contributed by atoms with Gasteiger partial charge in [0.25, 0.3) is 0 Å². The van der Waals surface area contributed by atoms with Gasteiger partial charge in [0.15, 0.2) is 0 Å². The Bertz CT molecular complexity index is 519. The summed E-state index contributed by atoms with van der Waals surface area (Å²) in [5.41, 5.74) is 0.495. The third-order valence-electron chi connectivity index (χ3n) is 3.34. The van der Waals surface area contributed by atoms with Crippen molar-refractivity contribution in [1.29, 1.82) is 0 Å². The largest absolute Gasteiger partial charge is 0.481 e. The van der Waals surface area contributed by atoms with E-state index in [0.29, 0.717) is 35.0 Å². The molecule has 0 aromatic heterocycles. The van der Waals surface area contributed by atoms with E-state index in [9.17, 15) is 9.59 Å². The zero-order chi connectivity index (χ0) is 14.0. The quantitative estimate of drug-likeness (QED) is 0.899. The van der Waals surface area contributed by atoms with Crippen molar-refractivity contribution in [2.24, 2.45) is 11.8 Å². The first kappa shape index (κ1) is 14.2. The molecule has 2 N–H and O–H groups in total. The molecule has 0 heterocycles. The highest BCUT2D eigenvalue weighted by Crippen LogP contribution is 2.33. The van der Waals surface area contributed by atoms with E-state index in [1.165, 1.54) is 0 Å². The van der Waals surface area contributed by atoms with Crippen molar-refractivity contribution in [1.82, 2.24) is 0 Å². The number of halogens is 2. The minimum absolute atomic E-state index is 0.187. The Morgan fingerprint density at radius 3 is 2.47 bits per heavy atom. The van der Waals surface area contributed by atoms with Crippen LogP contribution in [0.25, 0.3) is 0 Å². The van der Waals surface area contributed by atoms with Gasteiger partial charge in [0.2, 0.25) is 5.91 Å². The second-order valence-electron chi connectivity index (χ2n) is 4.66. The molecule has 1 aromatic rings. The lowest BCUT2D eigenvalue weighted by Gasteiger charge is -2.12. The lowest BCUT2D eigenvalue weighted by molar-refractivity contribution is -0.141. The van der Waals surface area contributed by atoms with Crippen LogP contribution < -0.4 is 5.32 Å². The molecule has 2 rings (SSSR count). The summed E-state index contributed by atoms with van der Waals surface area (Å²) in [6.45, 7) is 0. The molecule has 4 nitrogen and oxygen atoms in total. The molecule has 1 fully saturated rings. The zero-order valence-electron chi connectivity index (χ0n) is 10.0. The van der Waals surface area contributed by atoms with Crippen LogP contribution in [0.15, 0.2) is 18.2 Å². The van der Waals surface area contributed by atoms with Gasteiger partial charge in [-0.25, -0.2) is 0 Å². The molecule has 0 saturated heterocycles. The van der Waals surface area contributed by atoms with Crippen molar-refractivity contribution < 1.29 is 14.7 Å². The van der Waals surface area contributed by atoms with Crippen LogP contribution in [0.1, 0.15) is 19.3 Å². The molecule has 0 aliphatic heterocycles. The van der Waals surface area contributed by atoms with E-state index in [4.69, 9.17) is 28.3 Å². The summed E-state index contributed by atoms with van der Waals surface area (Å²) < 4.78 is 0. The van der Waals surface area contributed by atoms with Crippen molar-refractivity contribution in [2.45, 2.75) is 19.3 Å². The van der Waals surface area contributed by atoms with Gasteiger partial charge in [0.1, 0.15) is 0 Å². The van der Waals surface area contributed by atoms with Crippen LogP contribution in [0.4, 0.5) is 5.69 Å². The zero-order valence-corrected chi connectivity index (χ0v) is 11.5. The van der Waals surface area contributed by atoms with Crippen LogP contribution in [-0.2, 0) is 9.59 Å². The number of anilines is 1. The number of carbonyl (C=O) groups excluding carboxylic acids is 1. The van der Waals surface area contributed by atoms with Gasteiger partial charge in [-0.15, -0.1) is 0 Å². The molecule has 6 heteroatoms. The second kappa shape index (κ2) is 5.80. The average Bonchev–Trinajstić information content (AvgIpc) is 2.82. The normalized spacial score (nSPS) is 22.2. The third kappa shape index (κ3) is 3.39. The van der Waals surface area contributed by atoms with E-state index in [1.54, 1.807) is 18.2 Å². The minimum Gasteiger partial charge on any atom is -0.481 e. The monoisotopic (exact) mass is 301 g/mol. The number of amides is 1. The number of hydrogen-bond acceptors (Lipinski definition) is 2. The number of carbonyl (C=O) groups is 2. The highest BCUT2D eigenvalue weighted by Gasteiger charge is 2.33. The fourth-order valence-electron chi connectivity index (χ4n) is 2.27. The van der Waals surface area contributed by atoms with Gasteiger partial charge in [-0.3, -0.25) is 9.59 Å². The summed E-state index contributed by atoms with van der Waals surface area (Å²) in [4.78, 5) is 22.9. The van der Waals surface area contributed by atoms with Gasteiger partial charge in [0.05, 0.1) is 16.6 Å². The van der Waals surface area contributed by atoms with Crippen LogP contribution in [-0.4, -0.2) is 17.0 Å². The lowest BCUT2D eigenvalue weighted by Crippen LogP contribution is -2.21. The van der Waals surface area contributed by atoms with Gasteiger partial charge in [-0.2, -0.15) is 0 Å². The van der Waals surface area contributed by atoms with E-state index < -0.39 is 11.9 Å². The topological polar surface area (TPSA) is 66.4 Å². The number of carboxylic acid groups (broad SMARTS) is 1. The molecular weight excluding hydrogens is 289 g/mol. The fourth-order valence-corrected chi connectivity index (χ4v) is 2.73. The van der Waals surface area contributed by atoms with Crippen LogP contribution in [0.5, 0.6) is 0 Å². The molecule has 1 aliphatic carbocycles. The molecule has 0 radical (unpaired) electrons. The molecule has 2 atom stereocenters. The van der Waals surface area contributed by atoms with Crippen molar-refractivity contribution in [3.8, 4) is 0 Å². The van der Waals surface area contributed by atoms with E-state index >= 15 is 0 Å². The first-order valence-electron chi connectivity index (χ1n) is 5.96. The minimum atomic E-state index is -0.833. The molecule has 0 spiro atoms. The van der Waals surface area contributed by atoms with Crippen molar-refractivity contribution in [3.05, 3.63) is 28.2 Å². The summed E-state index contributed by atoms with van der Waals surface area (Å²) in [6, 6.07) is 4.82. The fraction of sp³-hybridized carbons (Fsp3) is 0.385.